The van der Waals surface area contributed by atoms with Gasteiger partial charge in [0.2, 0.25) is 0 Å². The zero-order valence-electron chi connectivity index (χ0n) is 33.6. The Morgan fingerprint density at radius 3 is 1.47 bits per heavy atom. The first-order chi connectivity index (χ1) is 26.0. The average Bonchev–Trinajstić information content (AvgIpc) is 3.11. The van der Waals surface area contributed by atoms with Gasteiger partial charge >= 0.3 is 0 Å². The minimum atomic E-state index is 0.0759. The van der Waals surface area contributed by atoms with Crippen LogP contribution >= 0.6 is 45.2 Å². The van der Waals surface area contributed by atoms with Crippen molar-refractivity contribution in [1.82, 2.24) is 0 Å². The van der Waals surface area contributed by atoms with E-state index in [2.05, 4.69) is 229 Å². The lowest BCUT2D eigenvalue weighted by Crippen LogP contribution is -2.22. The molecule has 2 heteroatoms. The first-order valence-corrected chi connectivity index (χ1v) is 21.5. The van der Waals surface area contributed by atoms with Crippen LogP contribution in [0.25, 0.3) is 38.4 Å². The molecule has 274 valence electrons. The van der Waals surface area contributed by atoms with E-state index < -0.39 is 0 Å². The monoisotopic (exact) mass is 938 g/mol. The molecule has 6 aromatic rings. The highest BCUT2D eigenvalue weighted by atomic mass is 127. The van der Waals surface area contributed by atoms with Gasteiger partial charge in [-0.1, -0.05) is 182 Å². The summed E-state index contributed by atoms with van der Waals surface area (Å²) in [4.78, 5) is 0. The fourth-order valence-corrected chi connectivity index (χ4v) is 9.80. The SMILES string of the molecule is CC1=C[C+](C(C)(C)C)C=C(C)C1=c1c2ccccc2c(=C=C2c3cc(I)ccc3[C-](c3c(C)cc(C(C)(C)C)cc3C)c3ccc(I)cc32)c2ccccc12. The molecule has 2 aliphatic carbocycles. The van der Waals surface area contributed by atoms with Gasteiger partial charge in [0.1, 0.15) is 0 Å². The maximum Gasteiger partial charge on any atom is 0.0976 e. The second-order valence-corrected chi connectivity index (χ2v) is 20.1. The molecule has 6 aromatic carbocycles. The number of hydrogen-bond acceptors (Lipinski definition) is 0. The zero-order chi connectivity index (χ0) is 39.1. The predicted octanol–water partition coefficient (Wildman–Crippen LogP) is 13.6. The molecule has 2 aliphatic rings. The van der Waals surface area contributed by atoms with E-state index in [1.54, 1.807) is 0 Å². The first kappa shape index (κ1) is 37.9. The first-order valence-electron chi connectivity index (χ1n) is 19.3. The topological polar surface area (TPSA) is 0 Å². The van der Waals surface area contributed by atoms with Crippen LogP contribution in [0.15, 0.2) is 120 Å². The van der Waals surface area contributed by atoms with Crippen LogP contribution in [0.1, 0.15) is 99.9 Å². The molecule has 55 heavy (non-hydrogen) atoms. The molecule has 0 N–H and O–H groups in total. The molecule has 8 rings (SSSR count). The molecule has 0 spiro atoms. The van der Waals surface area contributed by atoms with Crippen molar-refractivity contribution in [2.75, 3.05) is 0 Å². The van der Waals surface area contributed by atoms with Crippen LogP contribution < -0.4 is 10.4 Å². The minimum Gasteiger partial charge on any atom is -0.114 e. The van der Waals surface area contributed by atoms with Gasteiger partial charge in [0, 0.05) is 36.8 Å². The lowest BCUT2D eigenvalue weighted by molar-refractivity contribution is 0.472. The number of hydrogen-bond donors (Lipinski definition) is 0. The van der Waals surface area contributed by atoms with Crippen molar-refractivity contribution in [3.63, 3.8) is 0 Å². The van der Waals surface area contributed by atoms with Gasteiger partial charge in [0.15, 0.2) is 0 Å². The summed E-state index contributed by atoms with van der Waals surface area (Å²) in [6, 6.07) is 36.8. The molecule has 0 amide bonds. The Labute approximate surface area is 355 Å². The molecule has 0 nitrogen and oxygen atoms in total. The van der Waals surface area contributed by atoms with Crippen molar-refractivity contribution in [2.24, 2.45) is 5.41 Å². The Balaban J connectivity index is 1.53. The Morgan fingerprint density at radius 1 is 0.582 bits per heavy atom. The quantitative estimate of drug-likeness (QED) is 0.0874. The van der Waals surface area contributed by atoms with E-state index in [-0.39, 0.29) is 10.8 Å². The summed E-state index contributed by atoms with van der Waals surface area (Å²) in [5.74, 6) is 2.69. The molecule has 0 unspecified atom stereocenters. The van der Waals surface area contributed by atoms with Gasteiger partial charge in [0.25, 0.3) is 0 Å². The lowest BCUT2D eigenvalue weighted by Gasteiger charge is -2.38. The van der Waals surface area contributed by atoms with E-state index in [9.17, 15) is 0 Å². The van der Waals surface area contributed by atoms with Gasteiger partial charge in [-0.05, 0) is 98.5 Å². The van der Waals surface area contributed by atoms with Crippen molar-refractivity contribution in [1.29, 1.82) is 0 Å². The van der Waals surface area contributed by atoms with Gasteiger partial charge in [-0.15, -0.1) is 5.73 Å². The van der Waals surface area contributed by atoms with Gasteiger partial charge in [-0.2, -0.15) is 0 Å². The molecular formula is C53H48I2. The lowest BCUT2D eigenvalue weighted by atomic mass is 9.70. The van der Waals surface area contributed by atoms with E-state index >= 15 is 0 Å². The summed E-state index contributed by atoms with van der Waals surface area (Å²) in [5.41, 5.74) is 19.8. The third kappa shape index (κ3) is 6.62. The second-order valence-electron chi connectivity index (χ2n) is 17.6. The molecule has 0 bridgehead atoms. The smallest absolute Gasteiger partial charge is 0.0976 e. The third-order valence-corrected chi connectivity index (χ3v) is 12.9. The molecule has 0 fully saturated rings. The van der Waals surface area contributed by atoms with E-state index in [0.717, 1.165) is 10.8 Å². The van der Waals surface area contributed by atoms with Crippen LogP contribution in [0.2, 0.25) is 0 Å². The molecular weight excluding hydrogens is 890 g/mol. The van der Waals surface area contributed by atoms with Crippen LogP contribution in [-0.4, -0.2) is 0 Å². The number of allylic oxidation sites excluding steroid dienone is 4. The van der Waals surface area contributed by atoms with Crippen LogP contribution in [0.3, 0.4) is 0 Å². The molecule has 0 aliphatic heterocycles. The summed E-state index contributed by atoms with van der Waals surface area (Å²) < 4.78 is 2.44. The van der Waals surface area contributed by atoms with Gasteiger partial charge in [-0.3, -0.25) is 0 Å². The van der Waals surface area contributed by atoms with Crippen molar-refractivity contribution in [2.45, 2.75) is 74.7 Å². The predicted molar refractivity (Wildman–Crippen MR) is 254 cm³/mol. The summed E-state index contributed by atoms with van der Waals surface area (Å²) >= 11 is 4.96. The van der Waals surface area contributed by atoms with E-state index in [1.165, 1.54) is 107 Å². The molecule has 0 saturated heterocycles. The summed E-state index contributed by atoms with van der Waals surface area (Å²) in [5, 5.41) is 7.43. The van der Waals surface area contributed by atoms with Crippen LogP contribution in [0.4, 0.5) is 0 Å². The Hall–Kier alpha value is -3.96. The maximum absolute atomic E-state index is 4.20. The highest BCUT2D eigenvalue weighted by Crippen LogP contribution is 2.48. The van der Waals surface area contributed by atoms with Gasteiger partial charge < -0.3 is 0 Å². The third-order valence-electron chi connectivity index (χ3n) is 11.5. The summed E-state index contributed by atoms with van der Waals surface area (Å²) in [6.07, 6.45) is 4.81. The summed E-state index contributed by atoms with van der Waals surface area (Å²) in [6.45, 7) is 23.0. The number of benzene rings is 6. The van der Waals surface area contributed by atoms with Crippen LogP contribution in [0.5, 0.6) is 0 Å². The fourth-order valence-electron chi connectivity index (χ4n) is 8.82. The largest absolute Gasteiger partial charge is 0.114 e. The fraction of sp³-hybridized carbons (Fsp3) is 0.226. The maximum atomic E-state index is 4.20. The standard InChI is InChI=1S/C53H48I2/c1-30-23-34(52(5,6)7)24-31(2)48(30)50-40-17-13-11-15-38(40)46(39-16-12-14-18-41(39)50)29-47-44-27-36(54)19-21-42(44)51(43-22-20-37(55)28-45(43)47)49-32(3)25-35(26-33(49)4)53(8,9)10/h11-28H,1-10H3. The van der Waals surface area contributed by atoms with E-state index in [4.69, 9.17) is 0 Å². The molecule has 0 atom stereocenters. The van der Waals surface area contributed by atoms with Crippen molar-refractivity contribution < 1.29 is 0 Å². The Bertz CT molecular complexity index is 2660. The number of rotatable bonds is 1. The second kappa shape index (κ2) is 13.9. The number of halogens is 2. The molecule has 0 heterocycles. The average molecular weight is 939 g/mol. The van der Waals surface area contributed by atoms with Gasteiger partial charge in [-0.25, -0.2) is 0 Å². The zero-order valence-corrected chi connectivity index (χ0v) is 38.0. The van der Waals surface area contributed by atoms with Gasteiger partial charge in [0.05, 0.1) is 34.8 Å². The van der Waals surface area contributed by atoms with Crippen molar-refractivity contribution >= 4 is 83.6 Å². The molecule has 0 saturated carbocycles. The van der Waals surface area contributed by atoms with Crippen molar-refractivity contribution in [3.8, 4) is 0 Å². The highest BCUT2D eigenvalue weighted by Gasteiger charge is 2.33. The van der Waals surface area contributed by atoms with Crippen LogP contribution in [-0.2, 0) is 5.41 Å². The minimum absolute atomic E-state index is 0.0759. The highest BCUT2D eigenvalue weighted by molar-refractivity contribution is 14.1. The van der Waals surface area contributed by atoms with Crippen LogP contribution in [0, 0.1) is 38.2 Å². The Kier molecular flexibility index (Phi) is 9.59. The number of aryl methyl sites for hydroxylation is 2. The van der Waals surface area contributed by atoms with E-state index in [0.29, 0.717) is 0 Å². The van der Waals surface area contributed by atoms with E-state index in [1.807, 2.05) is 0 Å². The number of fused-ring (bicyclic) bond motifs is 4. The Morgan fingerprint density at radius 2 is 1.04 bits per heavy atom. The normalized spacial score (nSPS) is 14.5. The molecule has 0 radical (unpaired) electrons. The molecule has 0 aromatic heterocycles. The summed E-state index contributed by atoms with van der Waals surface area (Å²) in [7, 11) is 0. The van der Waals surface area contributed by atoms with Crippen molar-refractivity contribution in [3.05, 3.63) is 194 Å².